The zero-order chi connectivity index (χ0) is 22.1. The molecule has 0 unspecified atom stereocenters. The van der Waals surface area contributed by atoms with Gasteiger partial charge >= 0.3 is 5.97 Å². The van der Waals surface area contributed by atoms with Gasteiger partial charge in [-0.05, 0) is 55.3 Å². The summed E-state index contributed by atoms with van der Waals surface area (Å²) >= 11 is 1.17. The highest BCUT2D eigenvalue weighted by atomic mass is 32.1. The van der Waals surface area contributed by atoms with E-state index >= 15 is 0 Å². The molecule has 2 heterocycles. The smallest absolute Gasteiger partial charge is 0.338 e. The summed E-state index contributed by atoms with van der Waals surface area (Å²) in [5, 5.41) is 0. The Hall–Kier alpha value is -3.39. The van der Waals surface area contributed by atoms with Crippen molar-refractivity contribution in [1.82, 2.24) is 4.57 Å². The molecule has 1 aromatic heterocycles. The summed E-state index contributed by atoms with van der Waals surface area (Å²) in [4.78, 5) is 31.0. The number of aromatic nitrogens is 1. The molecule has 158 valence electrons. The van der Waals surface area contributed by atoms with Crippen molar-refractivity contribution in [2.75, 3.05) is 6.61 Å². The number of rotatable bonds is 4. The molecule has 2 aromatic carbocycles. The number of hydrogen-bond donors (Lipinski definition) is 0. The third kappa shape index (κ3) is 3.98. The lowest BCUT2D eigenvalue weighted by Gasteiger charge is -2.24. The second-order valence-electron chi connectivity index (χ2n) is 6.91. The number of carbonyl (C=O) groups is 1. The molecule has 1 atom stereocenters. The molecule has 0 bridgehead atoms. The van der Waals surface area contributed by atoms with Gasteiger partial charge in [-0.15, -0.1) is 0 Å². The molecular weight excluding hydrogens is 422 g/mol. The van der Waals surface area contributed by atoms with Crippen LogP contribution in [0.5, 0.6) is 0 Å². The van der Waals surface area contributed by atoms with Crippen LogP contribution in [0.15, 0.2) is 69.6 Å². The van der Waals surface area contributed by atoms with E-state index in [-0.39, 0.29) is 23.6 Å². The number of nitrogens with zero attached hydrogens (tertiary/aromatic N) is 2. The lowest BCUT2D eigenvalue weighted by Crippen LogP contribution is -2.39. The number of carbonyl (C=O) groups excluding carboxylic acids is 1. The van der Waals surface area contributed by atoms with E-state index in [1.54, 1.807) is 32.1 Å². The van der Waals surface area contributed by atoms with Crippen LogP contribution in [0.2, 0.25) is 0 Å². The van der Waals surface area contributed by atoms with E-state index in [1.807, 2.05) is 0 Å². The van der Waals surface area contributed by atoms with Crippen LogP contribution >= 0.6 is 11.3 Å². The second kappa shape index (κ2) is 8.39. The maximum atomic E-state index is 13.5. The van der Waals surface area contributed by atoms with Crippen LogP contribution in [0, 0.1) is 11.6 Å². The Morgan fingerprint density at radius 1 is 1.13 bits per heavy atom. The van der Waals surface area contributed by atoms with Crippen LogP contribution in [-0.4, -0.2) is 17.1 Å². The maximum absolute atomic E-state index is 13.5. The summed E-state index contributed by atoms with van der Waals surface area (Å²) in [6, 6.07) is 10.6. The van der Waals surface area contributed by atoms with Crippen LogP contribution in [0.3, 0.4) is 0 Å². The van der Waals surface area contributed by atoms with Gasteiger partial charge in [0.15, 0.2) is 4.80 Å². The number of halogens is 2. The number of hydrogen-bond acceptors (Lipinski definition) is 5. The zero-order valence-electron chi connectivity index (χ0n) is 16.8. The Balaban J connectivity index is 1.94. The molecule has 0 aliphatic carbocycles. The average molecular weight is 440 g/mol. The van der Waals surface area contributed by atoms with E-state index in [0.29, 0.717) is 26.2 Å². The van der Waals surface area contributed by atoms with Crippen molar-refractivity contribution < 1.29 is 18.3 Å². The van der Waals surface area contributed by atoms with Crippen LogP contribution < -0.4 is 14.9 Å². The van der Waals surface area contributed by atoms with Gasteiger partial charge in [0.25, 0.3) is 5.56 Å². The standard InChI is InChI=1S/C23H18F2N2O3S/c1-3-30-22(29)19-13(2)26-23-27(20(19)15-6-10-17(25)11-7-15)21(28)18(31-23)12-14-4-8-16(24)9-5-14/h4-12,20H,3H2,1-2H3/b18-12+/t20-/m1/s1. The van der Waals surface area contributed by atoms with Gasteiger partial charge in [-0.3, -0.25) is 9.36 Å². The van der Waals surface area contributed by atoms with E-state index in [0.717, 1.165) is 0 Å². The van der Waals surface area contributed by atoms with Crippen molar-refractivity contribution >= 4 is 23.4 Å². The van der Waals surface area contributed by atoms with Crippen molar-refractivity contribution in [2.24, 2.45) is 4.99 Å². The fraction of sp³-hybridized carbons (Fsp3) is 0.174. The van der Waals surface area contributed by atoms with Gasteiger partial charge in [0.2, 0.25) is 0 Å². The average Bonchev–Trinajstić information content (AvgIpc) is 3.04. The van der Waals surface area contributed by atoms with Crippen molar-refractivity contribution in [3.05, 3.63) is 102 Å². The first-order chi connectivity index (χ1) is 14.9. The Morgan fingerprint density at radius 2 is 1.74 bits per heavy atom. The molecule has 0 saturated carbocycles. The van der Waals surface area contributed by atoms with Crippen LogP contribution in [0.4, 0.5) is 8.78 Å². The zero-order valence-corrected chi connectivity index (χ0v) is 17.6. The van der Waals surface area contributed by atoms with Crippen molar-refractivity contribution in [1.29, 1.82) is 0 Å². The number of thiazole rings is 1. The van der Waals surface area contributed by atoms with Gasteiger partial charge < -0.3 is 4.74 Å². The summed E-state index contributed by atoms with van der Waals surface area (Å²) in [5.74, 6) is -1.37. The van der Waals surface area contributed by atoms with Gasteiger partial charge in [-0.25, -0.2) is 18.6 Å². The molecule has 8 heteroatoms. The summed E-state index contributed by atoms with van der Waals surface area (Å²) in [7, 11) is 0. The second-order valence-corrected chi connectivity index (χ2v) is 7.91. The molecule has 1 aliphatic heterocycles. The third-order valence-electron chi connectivity index (χ3n) is 4.87. The van der Waals surface area contributed by atoms with Gasteiger partial charge in [0.1, 0.15) is 11.6 Å². The first-order valence-electron chi connectivity index (χ1n) is 9.59. The minimum Gasteiger partial charge on any atom is -0.463 e. The molecule has 0 N–H and O–H groups in total. The van der Waals surface area contributed by atoms with Crippen molar-refractivity contribution in [3.63, 3.8) is 0 Å². The van der Waals surface area contributed by atoms with E-state index in [4.69, 9.17) is 4.74 Å². The Bertz CT molecular complexity index is 1350. The highest BCUT2D eigenvalue weighted by molar-refractivity contribution is 7.07. The normalized spacial score (nSPS) is 16.1. The number of allylic oxidation sites excluding steroid dienone is 1. The monoisotopic (exact) mass is 440 g/mol. The largest absolute Gasteiger partial charge is 0.463 e. The maximum Gasteiger partial charge on any atom is 0.338 e. The minimum atomic E-state index is -0.800. The van der Waals surface area contributed by atoms with Crippen LogP contribution in [0.1, 0.15) is 31.0 Å². The molecule has 0 spiro atoms. The topological polar surface area (TPSA) is 60.7 Å². The highest BCUT2D eigenvalue weighted by Crippen LogP contribution is 2.30. The SMILES string of the molecule is CCOC(=O)C1=C(C)N=c2s/c(=C/c3ccc(F)cc3)c(=O)n2[C@@H]1c1ccc(F)cc1. The minimum absolute atomic E-state index is 0.167. The summed E-state index contributed by atoms with van der Waals surface area (Å²) in [6.07, 6.45) is 1.65. The van der Waals surface area contributed by atoms with Crippen LogP contribution in [-0.2, 0) is 9.53 Å². The fourth-order valence-electron chi connectivity index (χ4n) is 3.46. The predicted molar refractivity (Wildman–Crippen MR) is 113 cm³/mol. The molecule has 0 saturated heterocycles. The molecule has 1 aliphatic rings. The predicted octanol–water partition coefficient (Wildman–Crippen LogP) is 3.08. The molecule has 0 fully saturated rings. The molecule has 31 heavy (non-hydrogen) atoms. The molecule has 3 aromatic rings. The third-order valence-corrected chi connectivity index (χ3v) is 5.85. The fourth-order valence-corrected chi connectivity index (χ4v) is 4.51. The van der Waals surface area contributed by atoms with E-state index in [1.165, 1.54) is 52.3 Å². The van der Waals surface area contributed by atoms with Crippen molar-refractivity contribution in [2.45, 2.75) is 19.9 Å². The highest BCUT2D eigenvalue weighted by Gasteiger charge is 2.33. The number of esters is 1. The van der Waals surface area contributed by atoms with E-state index in [2.05, 4.69) is 4.99 Å². The first-order valence-corrected chi connectivity index (χ1v) is 10.4. The molecule has 5 nitrogen and oxygen atoms in total. The number of fused-ring (bicyclic) bond motifs is 1. The summed E-state index contributed by atoms with van der Waals surface area (Å²) in [6.45, 7) is 3.54. The lowest BCUT2D eigenvalue weighted by atomic mass is 9.96. The van der Waals surface area contributed by atoms with E-state index < -0.39 is 17.8 Å². The van der Waals surface area contributed by atoms with Gasteiger partial charge in [-0.2, -0.15) is 0 Å². The quantitative estimate of drug-likeness (QED) is 0.586. The van der Waals surface area contributed by atoms with Gasteiger partial charge in [0, 0.05) is 0 Å². The molecular formula is C23H18F2N2O3S. The molecule has 0 amide bonds. The van der Waals surface area contributed by atoms with Gasteiger partial charge in [-0.1, -0.05) is 35.6 Å². The summed E-state index contributed by atoms with van der Waals surface area (Å²) in [5.41, 5.74) is 1.53. The number of ether oxygens (including phenoxy) is 1. The summed E-state index contributed by atoms with van der Waals surface area (Å²) < 4.78 is 33.8. The Morgan fingerprint density at radius 3 is 2.35 bits per heavy atom. The van der Waals surface area contributed by atoms with Crippen LogP contribution in [0.25, 0.3) is 6.08 Å². The van der Waals surface area contributed by atoms with E-state index in [9.17, 15) is 18.4 Å². The Labute approximate surface area is 180 Å². The Kier molecular flexibility index (Phi) is 5.65. The van der Waals surface area contributed by atoms with Crippen molar-refractivity contribution in [3.8, 4) is 0 Å². The van der Waals surface area contributed by atoms with Gasteiger partial charge in [0.05, 0.1) is 28.5 Å². The number of benzene rings is 2. The lowest BCUT2D eigenvalue weighted by molar-refractivity contribution is -0.139. The first kappa shape index (κ1) is 20.9. The molecule has 4 rings (SSSR count). The molecule has 0 radical (unpaired) electrons.